The van der Waals surface area contributed by atoms with Gasteiger partial charge in [0.2, 0.25) is 0 Å². The van der Waals surface area contributed by atoms with Crippen LogP contribution >= 0.6 is 22.7 Å². The monoisotopic (exact) mass is 1720 g/mol. The molecule has 6 nitrogen and oxygen atoms in total. The van der Waals surface area contributed by atoms with Gasteiger partial charge in [-0.15, -0.1) is 22.7 Å². The molecule has 28 aromatic rings. The summed E-state index contributed by atoms with van der Waals surface area (Å²) >= 11 is 3.56. The zero-order chi connectivity index (χ0) is 88.0. The van der Waals surface area contributed by atoms with Crippen molar-refractivity contribution in [3.8, 4) is 113 Å². The molecule has 0 saturated carbocycles. The Kier molecular flexibility index (Phi) is 17.8. The van der Waals surface area contributed by atoms with Crippen molar-refractivity contribution in [2.45, 2.75) is 0 Å². The second-order valence-corrected chi connectivity index (χ2v) is 36.8. The van der Waals surface area contributed by atoms with Gasteiger partial charge in [-0.25, -0.2) is 9.97 Å². The minimum absolute atomic E-state index is 0.669. The van der Waals surface area contributed by atoms with Gasteiger partial charge in [0.1, 0.15) is 0 Å². The van der Waals surface area contributed by atoms with Crippen LogP contribution < -0.4 is 0 Å². The standard InChI is InChI=1S/C45H25N3S.C41H24N2.C39H21NS/c46-26-27-11-21-41-37(23-27)38-24-32(16-22-42(38)49-41)33-17-12-30-14-19-35-36(20-15-31-13-18-34(33)43(30)44(31)35)45-47-39(28-7-3-1-4-8-28)25-40(48-45)29-9-5-2-6-10-29;42-25-26-9-21-38-36(23-26)37-24-32(18-22-39(37)43(38)33-7-2-1-3-8-33)27-10-12-28(13-11-27)34-19-16-31-15-14-29-5-4-6-30-17-20-35(34)41(31)40(29)30;40-22-23-8-18-36-34(20-23)35-21-27(13-19-37(35)41-36)29-14-9-25-12-17-33-31(15-10-26-11-16-32(29)38(25)39(26)33)30-7-3-5-24-4-1-2-6-28(24)30/h1-25H;1-24H;1-21H. The maximum absolute atomic E-state index is 9.64. The van der Waals surface area contributed by atoms with Crippen molar-refractivity contribution in [3.63, 3.8) is 0 Å². The van der Waals surface area contributed by atoms with Crippen molar-refractivity contribution < 1.29 is 0 Å². The van der Waals surface area contributed by atoms with Crippen LogP contribution in [0.5, 0.6) is 0 Å². The molecule has 28 rings (SSSR count). The quantitative estimate of drug-likeness (QED) is 0.134. The summed E-state index contributed by atoms with van der Waals surface area (Å²) in [6.07, 6.45) is 0. The van der Waals surface area contributed by atoms with Crippen molar-refractivity contribution in [1.29, 1.82) is 15.8 Å². The first-order valence-corrected chi connectivity index (χ1v) is 46.3. The minimum atomic E-state index is 0.669. The van der Waals surface area contributed by atoms with E-state index in [4.69, 9.17) is 9.97 Å². The Bertz CT molecular complexity index is 9740. The molecule has 0 saturated heterocycles. The summed E-state index contributed by atoms with van der Waals surface area (Å²) in [7, 11) is 0. The normalized spacial score (nSPS) is 11.7. The largest absolute Gasteiger partial charge is 0.309 e. The van der Waals surface area contributed by atoms with Crippen LogP contribution in [0.3, 0.4) is 0 Å². The molecule has 133 heavy (non-hydrogen) atoms. The van der Waals surface area contributed by atoms with E-state index in [1.54, 1.807) is 22.7 Å². The molecular formula is C125H70N6S2. The van der Waals surface area contributed by atoms with Crippen molar-refractivity contribution >= 4 is 193 Å². The predicted molar refractivity (Wildman–Crippen MR) is 561 cm³/mol. The highest BCUT2D eigenvalue weighted by Gasteiger charge is 2.24. The van der Waals surface area contributed by atoms with Gasteiger partial charge in [-0.1, -0.05) is 309 Å². The van der Waals surface area contributed by atoms with Crippen LogP contribution in [-0.2, 0) is 0 Å². The van der Waals surface area contributed by atoms with Crippen molar-refractivity contribution in [1.82, 2.24) is 14.5 Å². The number of rotatable bonds is 9. The van der Waals surface area contributed by atoms with Gasteiger partial charge in [0.15, 0.2) is 5.82 Å². The third-order valence-corrected chi connectivity index (χ3v) is 29.6. The Labute approximate surface area is 771 Å². The number of fused-ring (bicyclic) bond motifs is 10. The van der Waals surface area contributed by atoms with Gasteiger partial charge in [0.05, 0.1) is 57.3 Å². The third-order valence-electron chi connectivity index (χ3n) is 27.3. The summed E-state index contributed by atoms with van der Waals surface area (Å²) < 4.78 is 7.17. The molecule has 0 spiro atoms. The first-order chi connectivity index (χ1) is 65.7. The predicted octanol–water partition coefficient (Wildman–Crippen LogP) is 34.5. The Morgan fingerprint density at radius 3 is 1.05 bits per heavy atom. The number of hydrogen-bond donors (Lipinski definition) is 0. The second kappa shape index (κ2) is 30.9. The molecule has 8 heteroatoms. The summed E-state index contributed by atoms with van der Waals surface area (Å²) in [6, 6.07) is 159. The minimum Gasteiger partial charge on any atom is -0.309 e. The average Bonchev–Trinajstić information content (AvgIpc) is 1.44. The summed E-state index contributed by atoms with van der Waals surface area (Å²) in [5, 5.41) is 60.9. The number of thiophene rings is 2. The highest BCUT2D eigenvalue weighted by molar-refractivity contribution is 7.26. The van der Waals surface area contributed by atoms with Gasteiger partial charge in [-0.3, -0.25) is 0 Å². The van der Waals surface area contributed by atoms with Crippen LogP contribution in [-0.4, -0.2) is 14.5 Å². The van der Waals surface area contributed by atoms with E-state index in [2.05, 4.69) is 393 Å². The number of para-hydroxylation sites is 1. The number of nitrogens with zero attached hydrogens (tertiary/aromatic N) is 6. The molecule has 0 bridgehead atoms. The molecule has 0 radical (unpaired) electrons. The zero-order valence-corrected chi connectivity index (χ0v) is 73.0. The summed E-state index contributed by atoms with van der Waals surface area (Å²) in [4.78, 5) is 10.4. The molecule has 0 N–H and O–H groups in total. The lowest BCUT2D eigenvalue weighted by atomic mass is 9.86. The van der Waals surface area contributed by atoms with E-state index >= 15 is 0 Å². The highest BCUT2D eigenvalue weighted by Crippen LogP contribution is 2.50. The lowest BCUT2D eigenvalue weighted by Gasteiger charge is -2.17. The molecule has 612 valence electrons. The molecule has 0 aliphatic carbocycles. The Morgan fingerprint density at radius 2 is 0.526 bits per heavy atom. The van der Waals surface area contributed by atoms with Crippen molar-refractivity contribution in [2.24, 2.45) is 0 Å². The molecule has 0 fully saturated rings. The van der Waals surface area contributed by atoms with Crippen LogP contribution in [0.2, 0.25) is 0 Å². The summed E-state index contributed by atoms with van der Waals surface area (Å²) in [6.45, 7) is 0. The van der Waals surface area contributed by atoms with Crippen LogP contribution in [0.15, 0.2) is 425 Å². The number of nitriles is 3. The second-order valence-electron chi connectivity index (χ2n) is 34.6. The Morgan fingerprint density at radius 1 is 0.195 bits per heavy atom. The zero-order valence-electron chi connectivity index (χ0n) is 71.4. The molecule has 4 aromatic heterocycles. The number of hydrogen-bond acceptors (Lipinski definition) is 7. The molecule has 0 unspecified atom stereocenters. The van der Waals surface area contributed by atoms with Crippen molar-refractivity contribution in [2.75, 3.05) is 0 Å². The molecular weight excluding hydrogens is 1650 g/mol. The van der Waals surface area contributed by atoms with E-state index in [1.165, 1.54) is 182 Å². The van der Waals surface area contributed by atoms with Gasteiger partial charge < -0.3 is 4.57 Å². The lowest BCUT2D eigenvalue weighted by Crippen LogP contribution is -1.97. The molecule has 0 aliphatic heterocycles. The van der Waals surface area contributed by atoms with Gasteiger partial charge in [0, 0.05) is 73.5 Å². The molecule has 0 amide bonds. The fourth-order valence-corrected chi connectivity index (χ4v) is 23.2. The van der Waals surface area contributed by atoms with E-state index in [9.17, 15) is 15.8 Å². The molecule has 0 aliphatic rings. The fraction of sp³-hybridized carbons (Fsp3) is 0. The first kappa shape index (κ1) is 76.7. The van der Waals surface area contributed by atoms with Crippen LogP contribution in [0.1, 0.15) is 16.7 Å². The van der Waals surface area contributed by atoms with Crippen LogP contribution in [0.4, 0.5) is 0 Å². The van der Waals surface area contributed by atoms with E-state index in [0.29, 0.717) is 22.5 Å². The van der Waals surface area contributed by atoms with Gasteiger partial charge in [-0.05, 0) is 279 Å². The number of aromatic nitrogens is 3. The molecule has 24 aromatic carbocycles. The first-order valence-electron chi connectivity index (χ1n) is 44.7. The van der Waals surface area contributed by atoms with E-state index in [1.807, 2.05) is 54.6 Å². The van der Waals surface area contributed by atoms with Gasteiger partial charge in [-0.2, -0.15) is 15.8 Å². The maximum atomic E-state index is 9.64. The van der Waals surface area contributed by atoms with Crippen molar-refractivity contribution in [3.05, 3.63) is 441 Å². The topological polar surface area (TPSA) is 102 Å². The van der Waals surface area contributed by atoms with E-state index in [0.717, 1.165) is 77.3 Å². The lowest BCUT2D eigenvalue weighted by molar-refractivity contribution is 1.18. The van der Waals surface area contributed by atoms with Crippen LogP contribution in [0, 0.1) is 34.0 Å². The SMILES string of the molecule is N#Cc1ccc2c(c1)c1cc(-c3ccc(-c4ccc5ccc6cccc7ccc4c5c67)cc3)ccc1n2-c1ccccc1.N#Cc1ccc2sc3ccc(-c4ccc5ccc6c(-c7cccc8ccccc78)ccc7ccc4c5c76)cc3c2c1.N#Cc1ccc2sc3ccc(-c4ccc5ccc6c(-c7nc(-c8ccccc8)cc(-c8ccccc8)n7)ccc7ccc4c5c76)cc3c2c1. The van der Waals surface area contributed by atoms with E-state index in [-0.39, 0.29) is 0 Å². The third kappa shape index (κ3) is 12.6. The Balaban J connectivity index is 0.000000105. The van der Waals surface area contributed by atoms with E-state index < -0.39 is 0 Å². The fourth-order valence-electron chi connectivity index (χ4n) is 21.1. The molecule has 4 heterocycles. The molecule has 0 atom stereocenters. The Hall–Kier alpha value is -17.6. The average molecular weight is 1720 g/mol. The highest BCUT2D eigenvalue weighted by atomic mass is 32.1. The van der Waals surface area contributed by atoms with Gasteiger partial charge >= 0.3 is 0 Å². The number of benzene rings is 24. The maximum Gasteiger partial charge on any atom is 0.161 e. The summed E-state index contributed by atoms with van der Waals surface area (Å²) in [5.74, 6) is 0.713. The van der Waals surface area contributed by atoms with Gasteiger partial charge in [0.25, 0.3) is 0 Å². The smallest absolute Gasteiger partial charge is 0.161 e. The van der Waals surface area contributed by atoms with Crippen LogP contribution in [0.25, 0.3) is 265 Å². The summed E-state index contributed by atoms with van der Waals surface area (Å²) in [5.41, 5.74) is 22.5.